The number of amidine groups is 1. The standard InChI is InChI=1S/C10H16N2S/c1-4-10(11)12(3)8(2)9-6-5-7-13-9/h5-8,11H,4H2,1-3H3. The van der Waals surface area contributed by atoms with Gasteiger partial charge in [0.2, 0.25) is 0 Å². The largest absolute Gasteiger partial charge is 0.356 e. The first-order valence-electron chi connectivity index (χ1n) is 4.50. The van der Waals surface area contributed by atoms with Crippen molar-refractivity contribution < 1.29 is 0 Å². The van der Waals surface area contributed by atoms with Crippen LogP contribution < -0.4 is 0 Å². The normalized spacial score (nSPS) is 12.5. The predicted molar refractivity (Wildman–Crippen MR) is 58.5 cm³/mol. The molecule has 0 saturated heterocycles. The van der Waals surface area contributed by atoms with E-state index in [0.717, 1.165) is 6.42 Å². The molecule has 0 radical (unpaired) electrons. The Morgan fingerprint density at radius 2 is 2.38 bits per heavy atom. The maximum atomic E-state index is 7.71. The Hall–Kier alpha value is -0.830. The van der Waals surface area contributed by atoms with Crippen LogP contribution in [-0.4, -0.2) is 17.8 Å². The smallest absolute Gasteiger partial charge is 0.0957 e. The van der Waals surface area contributed by atoms with Crippen molar-refractivity contribution in [1.29, 1.82) is 5.41 Å². The van der Waals surface area contributed by atoms with Gasteiger partial charge in [0.25, 0.3) is 0 Å². The molecule has 72 valence electrons. The molecule has 1 heterocycles. The first kappa shape index (κ1) is 10.3. The summed E-state index contributed by atoms with van der Waals surface area (Å²) in [5.74, 6) is 0.695. The second-order valence-corrected chi connectivity index (χ2v) is 4.08. The summed E-state index contributed by atoms with van der Waals surface area (Å²) >= 11 is 1.75. The van der Waals surface area contributed by atoms with Crippen molar-refractivity contribution in [3.05, 3.63) is 22.4 Å². The van der Waals surface area contributed by atoms with Crippen LogP contribution in [0.15, 0.2) is 17.5 Å². The average molecular weight is 196 g/mol. The fourth-order valence-corrected chi connectivity index (χ4v) is 2.03. The fourth-order valence-electron chi connectivity index (χ4n) is 1.20. The monoisotopic (exact) mass is 196 g/mol. The highest BCUT2D eigenvalue weighted by Gasteiger charge is 2.13. The SMILES string of the molecule is CCC(=N)N(C)C(C)c1cccs1. The lowest BCUT2D eigenvalue weighted by Crippen LogP contribution is -2.27. The number of rotatable bonds is 3. The van der Waals surface area contributed by atoms with Crippen molar-refractivity contribution in [2.45, 2.75) is 26.3 Å². The van der Waals surface area contributed by atoms with Crippen molar-refractivity contribution in [1.82, 2.24) is 4.90 Å². The zero-order valence-corrected chi connectivity index (χ0v) is 9.19. The molecule has 0 aromatic carbocycles. The minimum Gasteiger partial charge on any atom is -0.356 e. The Kier molecular flexibility index (Phi) is 3.48. The van der Waals surface area contributed by atoms with Gasteiger partial charge in [0.1, 0.15) is 0 Å². The highest BCUT2D eigenvalue weighted by Crippen LogP contribution is 2.23. The van der Waals surface area contributed by atoms with E-state index in [1.54, 1.807) is 11.3 Å². The maximum Gasteiger partial charge on any atom is 0.0957 e. The Balaban J connectivity index is 2.68. The number of hydrogen-bond acceptors (Lipinski definition) is 2. The molecule has 13 heavy (non-hydrogen) atoms. The third kappa shape index (κ3) is 2.31. The average Bonchev–Trinajstić information content (AvgIpc) is 2.67. The van der Waals surface area contributed by atoms with Crippen molar-refractivity contribution in [2.75, 3.05) is 7.05 Å². The first-order valence-corrected chi connectivity index (χ1v) is 5.38. The molecule has 0 aliphatic rings. The van der Waals surface area contributed by atoms with E-state index in [9.17, 15) is 0 Å². The second-order valence-electron chi connectivity index (χ2n) is 3.10. The van der Waals surface area contributed by atoms with Crippen LogP contribution in [0.1, 0.15) is 31.2 Å². The molecule has 1 rings (SSSR count). The summed E-state index contributed by atoms with van der Waals surface area (Å²) < 4.78 is 0. The zero-order valence-electron chi connectivity index (χ0n) is 8.37. The molecule has 1 aromatic heterocycles. The molecule has 1 atom stereocenters. The molecule has 2 nitrogen and oxygen atoms in total. The van der Waals surface area contributed by atoms with Gasteiger partial charge in [-0.05, 0) is 18.4 Å². The Labute approximate surface area is 83.7 Å². The summed E-state index contributed by atoms with van der Waals surface area (Å²) in [6.45, 7) is 4.15. The number of nitrogens with one attached hydrogen (secondary N) is 1. The summed E-state index contributed by atoms with van der Waals surface area (Å²) in [6.07, 6.45) is 0.798. The van der Waals surface area contributed by atoms with E-state index >= 15 is 0 Å². The van der Waals surface area contributed by atoms with E-state index in [0.29, 0.717) is 11.9 Å². The molecule has 0 aliphatic carbocycles. The Bertz CT molecular complexity index is 266. The number of thiophene rings is 1. The molecule has 1 aromatic rings. The van der Waals surface area contributed by atoms with Crippen LogP contribution in [0.5, 0.6) is 0 Å². The van der Waals surface area contributed by atoms with Crippen LogP contribution in [0.2, 0.25) is 0 Å². The third-order valence-electron chi connectivity index (χ3n) is 2.30. The quantitative estimate of drug-likeness (QED) is 0.583. The van der Waals surface area contributed by atoms with E-state index in [-0.39, 0.29) is 0 Å². The van der Waals surface area contributed by atoms with Crippen LogP contribution in [-0.2, 0) is 0 Å². The number of hydrogen-bond donors (Lipinski definition) is 1. The summed E-state index contributed by atoms with van der Waals surface area (Å²) in [6, 6.07) is 4.50. The fraction of sp³-hybridized carbons (Fsp3) is 0.500. The van der Waals surface area contributed by atoms with Crippen LogP contribution in [0, 0.1) is 5.41 Å². The van der Waals surface area contributed by atoms with Gasteiger partial charge >= 0.3 is 0 Å². The van der Waals surface area contributed by atoms with Gasteiger partial charge in [0, 0.05) is 18.3 Å². The molecule has 1 N–H and O–H groups in total. The third-order valence-corrected chi connectivity index (χ3v) is 3.34. The van der Waals surface area contributed by atoms with Gasteiger partial charge in [0.05, 0.1) is 11.9 Å². The van der Waals surface area contributed by atoms with Crippen LogP contribution in [0.25, 0.3) is 0 Å². The summed E-state index contributed by atoms with van der Waals surface area (Å²) in [5, 5.41) is 9.79. The maximum absolute atomic E-state index is 7.71. The molecular weight excluding hydrogens is 180 g/mol. The highest BCUT2D eigenvalue weighted by molar-refractivity contribution is 7.10. The molecule has 0 fully saturated rings. The molecule has 3 heteroatoms. The van der Waals surface area contributed by atoms with Crippen molar-refractivity contribution in [3.8, 4) is 0 Å². The number of nitrogens with zero attached hydrogens (tertiary/aromatic N) is 1. The molecular formula is C10H16N2S. The summed E-state index contributed by atoms with van der Waals surface area (Å²) in [4.78, 5) is 3.34. The van der Waals surface area contributed by atoms with Gasteiger partial charge in [-0.1, -0.05) is 13.0 Å². The van der Waals surface area contributed by atoms with E-state index in [1.165, 1.54) is 4.88 Å². The van der Waals surface area contributed by atoms with Crippen LogP contribution in [0.4, 0.5) is 0 Å². The highest BCUT2D eigenvalue weighted by atomic mass is 32.1. The van der Waals surface area contributed by atoms with Crippen LogP contribution in [0.3, 0.4) is 0 Å². The molecule has 0 amide bonds. The lowest BCUT2D eigenvalue weighted by atomic mass is 10.2. The van der Waals surface area contributed by atoms with Crippen molar-refractivity contribution >= 4 is 17.2 Å². The Morgan fingerprint density at radius 1 is 1.69 bits per heavy atom. The van der Waals surface area contributed by atoms with Gasteiger partial charge in [-0.2, -0.15) is 0 Å². The molecule has 0 aliphatic heterocycles. The molecule has 0 spiro atoms. The van der Waals surface area contributed by atoms with Gasteiger partial charge in [-0.25, -0.2) is 0 Å². The minimum absolute atomic E-state index is 0.326. The zero-order chi connectivity index (χ0) is 9.84. The molecule has 0 saturated carbocycles. The summed E-state index contributed by atoms with van der Waals surface area (Å²) in [7, 11) is 1.98. The minimum atomic E-state index is 0.326. The van der Waals surface area contributed by atoms with E-state index in [1.807, 2.05) is 18.9 Å². The summed E-state index contributed by atoms with van der Waals surface area (Å²) in [5.41, 5.74) is 0. The van der Waals surface area contributed by atoms with Crippen molar-refractivity contribution in [2.24, 2.45) is 0 Å². The van der Waals surface area contributed by atoms with E-state index in [2.05, 4.69) is 24.4 Å². The van der Waals surface area contributed by atoms with Crippen LogP contribution >= 0.6 is 11.3 Å². The van der Waals surface area contributed by atoms with E-state index in [4.69, 9.17) is 5.41 Å². The molecule has 1 unspecified atom stereocenters. The van der Waals surface area contributed by atoms with Gasteiger partial charge in [-0.3, -0.25) is 5.41 Å². The molecule has 0 bridgehead atoms. The first-order chi connectivity index (χ1) is 6.16. The second kappa shape index (κ2) is 4.42. The Morgan fingerprint density at radius 3 is 2.85 bits per heavy atom. The van der Waals surface area contributed by atoms with Gasteiger partial charge in [-0.15, -0.1) is 11.3 Å². The lowest BCUT2D eigenvalue weighted by Gasteiger charge is -2.25. The lowest BCUT2D eigenvalue weighted by molar-refractivity contribution is 0.398. The topological polar surface area (TPSA) is 27.1 Å². The van der Waals surface area contributed by atoms with E-state index < -0.39 is 0 Å². The van der Waals surface area contributed by atoms with Gasteiger partial charge < -0.3 is 4.90 Å². The predicted octanol–water partition coefficient (Wildman–Crippen LogP) is 3.13. The van der Waals surface area contributed by atoms with Crippen molar-refractivity contribution in [3.63, 3.8) is 0 Å². The van der Waals surface area contributed by atoms with Gasteiger partial charge in [0.15, 0.2) is 0 Å².